The van der Waals surface area contributed by atoms with Crippen LogP contribution in [-0.2, 0) is 4.79 Å². The van der Waals surface area contributed by atoms with Gasteiger partial charge in [0.15, 0.2) is 0 Å². The number of carbonyl (C=O) groups excluding carboxylic acids is 1. The first-order chi connectivity index (χ1) is 15.1. The minimum atomic E-state index is -0.0923. The number of nitrogens with zero attached hydrogens (tertiary/aromatic N) is 2. The van der Waals surface area contributed by atoms with Crippen LogP contribution in [0.2, 0.25) is 0 Å². The summed E-state index contributed by atoms with van der Waals surface area (Å²) in [5.74, 6) is 1.07. The Morgan fingerprint density at radius 3 is 2.68 bits per heavy atom. The van der Waals surface area contributed by atoms with Gasteiger partial charge in [-0.05, 0) is 38.8 Å². The summed E-state index contributed by atoms with van der Waals surface area (Å²) in [5, 5.41) is 6.93. The van der Waals surface area contributed by atoms with Crippen LogP contribution in [0.15, 0.2) is 58.0 Å². The first-order valence-corrected chi connectivity index (χ1v) is 12.5. The molecule has 31 heavy (non-hydrogen) atoms. The summed E-state index contributed by atoms with van der Waals surface area (Å²) in [6, 6.07) is 8.78. The highest BCUT2D eigenvalue weighted by molar-refractivity contribution is 8.00. The molecule has 0 radical (unpaired) electrons. The molecule has 2 atom stereocenters. The van der Waals surface area contributed by atoms with E-state index >= 15 is 0 Å². The zero-order valence-electron chi connectivity index (χ0n) is 18.6. The van der Waals surface area contributed by atoms with Crippen LogP contribution in [0.4, 0.5) is 0 Å². The molecule has 1 aromatic carbocycles. The molecule has 1 aromatic rings. The van der Waals surface area contributed by atoms with Crippen LogP contribution >= 0.6 is 11.8 Å². The second-order valence-electron chi connectivity index (χ2n) is 8.69. The van der Waals surface area contributed by atoms with Crippen molar-refractivity contribution >= 4 is 23.5 Å². The highest BCUT2D eigenvalue weighted by Crippen LogP contribution is 2.30. The zero-order chi connectivity index (χ0) is 21.6. The van der Waals surface area contributed by atoms with E-state index in [1.165, 1.54) is 23.3 Å². The van der Waals surface area contributed by atoms with Gasteiger partial charge >= 0.3 is 0 Å². The fraction of sp³-hybridized carbons (Fsp3) is 0.520. The number of piperazine rings is 1. The Kier molecular flexibility index (Phi) is 7.51. The van der Waals surface area contributed by atoms with Crippen molar-refractivity contribution in [2.24, 2.45) is 4.99 Å². The number of hydrogen-bond donors (Lipinski definition) is 2. The lowest BCUT2D eigenvalue weighted by atomic mass is 10.1. The minimum absolute atomic E-state index is 0.0304. The van der Waals surface area contributed by atoms with Crippen molar-refractivity contribution in [3.63, 3.8) is 0 Å². The van der Waals surface area contributed by atoms with Crippen LogP contribution < -0.4 is 10.6 Å². The van der Waals surface area contributed by atoms with Gasteiger partial charge in [-0.15, -0.1) is 11.8 Å². The molecule has 3 aliphatic rings. The third kappa shape index (κ3) is 5.80. The smallest absolute Gasteiger partial charge is 0.251 e. The van der Waals surface area contributed by atoms with E-state index in [2.05, 4.69) is 59.7 Å². The third-order valence-corrected chi connectivity index (χ3v) is 7.24. The number of fused-ring (bicyclic) bond motifs is 1. The molecule has 1 saturated heterocycles. The maximum absolute atomic E-state index is 13.1. The zero-order valence-corrected chi connectivity index (χ0v) is 19.5. The van der Waals surface area contributed by atoms with E-state index in [0.29, 0.717) is 6.04 Å². The van der Waals surface area contributed by atoms with Crippen molar-refractivity contribution in [3.8, 4) is 0 Å². The van der Waals surface area contributed by atoms with Crippen LogP contribution in [0.3, 0.4) is 0 Å². The minimum Gasteiger partial charge on any atom is -0.354 e. The van der Waals surface area contributed by atoms with E-state index in [9.17, 15) is 4.79 Å². The van der Waals surface area contributed by atoms with E-state index in [-0.39, 0.29) is 17.2 Å². The summed E-state index contributed by atoms with van der Waals surface area (Å²) in [7, 11) is 0. The van der Waals surface area contributed by atoms with Crippen LogP contribution in [0.5, 0.6) is 0 Å². The number of carbonyl (C=O) groups is 1. The maximum atomic E-state index is 13.1. The summed E-state index contributed by atoms with van der Waals surface area (Å²) >= 11 is 1.82. The van der Waals surface area contributed by atoms with Gasteiger partial charge in [-0.3, -0.25) is 9.79 Å². The predicted octanol–water partition coefficient (Wildman–Crippen LogP) is 3.76. The summed E-state index contributed by atoms with van der Waals surface area (Å²) in [6.07, 6.45) is 10.8. The molecule has 6 heteroatoms. The third-order valence-electron chi connectivity index (χ3n) is 6.10. The second kappa shape index (κ2) is 10.5. The van der Waals surface area contributed by atoms with Gasteiger partial charge in [0.25, 0.3) is 5.91 Å². The molecule has 2 aliphatic heterocycles. The topological polar surface area (TPSA) is 56.7 Å². The van der Waals surface area contributed by atoms with Crippen molar-refractivity contribution in [2.75, 3.05) is 26.2 Å². The Labute approximate surface area is 190 Å². The summed E-state index contributed by atoms with van der Waals surface area (Å²) in [5.41, 5.74) is 1.91. The molecule has 2 unspecified atom stereocenters. The number of amides is 1. The molecule has 2 heterocycles. The average molecular weight is 439 g/mol. The van der Waals surface area contributed by atoms with Crippen LogP contribution in [0, 0.1) is 0 Å². The summed E-state index contributed by atoms with van der Waals surface area (Å²) < 4.78 is 0. The maximum Gasteiger partial charge on any atom is 0.251 e. The van der Waals surface area contributed by atoms with E-state index in [1.807, 2.05) is 23.9 Å². The van der Waals surface area contributed by atoms with Crippen LogP contribution in [0.25, 0.3) is 0 Å². The summed E-state index contributed by atoms with van der Waals surface area (Å²) in [4.78, 5) is 21.8. The Hall–Kier alpha value is -2.05. The fourth-order valence-corrected chi connectivity index (χ4v) is 5.47. The number of nitrogens with one attached hydrogen (secondary N) is 2. The normalized spacial score (nSPS) is 28.0. The SMILES string of the molecule is CC1/C=C(C(=O)NC2CCCC2)\C=C/C(C)Sc2ccccc2C(N2CCNCC2)=N1. The van der Waals surface area contributed by atoms with Crippen molar-refractivity contribution in [3.05, 3.63) is 53.6 Å². The molecule has 2 fully saturated rings. The van der Waals surface area contributed by atoms with E-state index in [0.717, 1.165) is 50.4 Å². The average Bonchev–Trinajstić information content (AvgIpc) is 3.28. The van der Waals surface area contributed by atoms with Crippen molar-refractivity contribution < 1.29 is 4.79 Å². The number of thioether (sulfide) groups is 1. The van der Waals surface area contributed by atoms with E-state index < -0.39 is 0 Å². The Bertz CT molecular complexity index is 866. The molecular weight excluding hydrogens is 404 g/mol. The quantitative estimate of drug-likeness (QED) is 0.738. The van der Waals surface area contributed by atoms with Gasteiger partial charge in [0.2, 0.25) is 0 Å². The number of aliphatic imine (C=N–C) groups is 1. The monoisotopic (exact) mass is 438 g/mol. The predicted molar refractivity (Wildman–Crippen MR) is 130 cm³/mol. The first kappa shape index (κ1) is 22.2. The van der Waals surface area contributed by atoms with Gasteiger partial charge in [-0.25, -0.2) is 0 Å². The second-order valence-corrected chi connectivity index (χ2v) is 10.1. The molecule has 5 nitrogen and oxygen atoms in total. The Balaban J connectivity index is 1.69. The van der Waals surface area contributed by atoms with E-state index in [4.69, 9.17) is 4.99 Å². The van der Waals surface area contributed by atoms with Gasteiger partial charge in [-0.2, -0.15) is 0 Å². The molecule has 2 N–H and O–H groups in total. The summed E-state index contributed by atoms with van der Waals surface area (Å²) in [6.45, 7) is 8.08. The van der Waals surface area contributed by atoms with Crippen molar-refractivity contribution in [1.29, 1.82) is 0 Å². The lowest BCUT2D eigenvalue weighted by Crippen LogP contribution is -2.47. The van der Waals surface area contributed by atoms with E-state index in [1.54, 1.807) is 0 Å². The van der Waals surface area contributed by atoms with Gasteiger partial charge in [0.1, 0.15) is 5.84 Å². The molecule has 4 rings (SSSR count). The Morgan fingerprint density at radius 1 is 1.16 bits per heavy atom. The highest BCUT2D eigenvalue weighted by Gasteiger charge is 2.22. The lowest BCUT2D eigenvalue weighted by Gasteiger charge is -2.32. The van der Waals surface area contributed by atoms with Gasteiger partial charge in [0, 0.05) is 53.5 Å². The fourth-order valence-electron chi connectivity index (χ4n) is 4.47. The molecule has 1 saturated carbocycles. The van der Waals surface area contributed by atoms with Gasteiger partial charge in [-0.1, -0.05) is 43.2 Å². The highest BCUT2D eigenvalue weighted by atomic mass is 32.2. The molecule has 1 amide bonds. The lowest BCUT2D eigenvalue weighted by molar-refractivity contribution is -0.117. The van der Waals surface area contributed by atoms with Crippen molar-refractivity contribution in [1.82, 2.24) is 15.5 Å². The molecule has 0 spiro atoms. The molecular formula is C25H34N4OS. The molecule has 166 valence electrons. The number of rotatable bonds is 2. The first-order valence-electron chi connectivity index (χ1n) is 11.6. The number of hydrogen-bond acceptors (Lipinski definition) is 5. The molecule has 0 aromatic heterocycles. The largest absolute Gasteiger partial charge is 0.354 e. The number of benzene rings is 1. The van der Waals surface area contributed by atoms with Gasteiger partial charge in [0.05, 0.1) is 6.04 Å². The number of amidine groups is 1. The Morgan fingerprint density at radius 2 is 1.90 bits per heavy atom. The van der Waals surface area contributed by atoms with Gasteiger partial charge < -0.3 is 15.5 Å². The standard InChI is InChI=1S/C25H34N4OS/c1-18-17-20(25(30)28-21-7-3-4-8-21)12-11-19(2)31-23-10-6-5-9-22(23)24(27-18)29-15-13-26-14-16-29/h5-6,9-12,17-19,21,26H,3-4,7-8,13-16H2,1-2H3,(H,28,30)/b12-11-,20-17+,27-24?. The van der Waals surface area contributed by atoms with Crippen LogP contribution in [-0.4, -0.2) is 60.2 Å². The molecule has 1 aliphatic carbocycles. The molecule has 0 bridgehead atoms. The van der Waals surface area contributed by atoms with Crippen molar-refractivity contribution in [2.45, 2.75) is 61.8 Å². The van der Waals surface area contributed by atoms with Crippen LogP contribution in [0.1, 0.15) is 45.1 Å².